The number of halogens is 1. The van der Waals surface area contributed by atoms with E-state index in [2.05, 4.69) is 26.1 Å². The molecule has 0 bridgehead atoms. The van der Waals surface area contributed by atoms with Crippen molar-refractivity contribution in [2.75, 3.05) is 31.7 Å². The van der Waals surface area contributed by atoms with E-state index in [4.69, 9.17) is 15.7 Å². The second-order valence-corrected chi connectivity index (χ2v) is 4.99. The summed E-state index contributed by atoms with van der Waals surface area (Å²) < 4.78 is 6.01. The van der Waals surface area contributed by atoms with Crippen LogP contribution in [0.15, 0.2) is 21.9 Å². The lowest BCUT2D eigenvalue weighted by atomic mass is 10.3. The van der Waals surface area contributed by atoms with Gasteiger partial charge in [0.15, 0.2) is 0 Å². The summed E-state index contributed by atoms with van der Waals surface area (Å²) in [6, 6.07) is 2.01. The maximum absolute atomic E-state index is 8.58. The molecule has 0 aliphatic heterocycles. The summed E-state index contributed by atoms with van der Waals surface area (Å²) in [5, 5.41) is 11.6. The number of ether oxygens (including phenoxy) is 1. The predicted octanol–water partition coefficient (Wildman–Crippen LogP) is 1.74. The Labute approximate surface area is 121 Å². The Morgan fingerprint density at radius 2 is 2.32 bits per heavy atom. The Kier molecular flexibility index (Phi) is 6.58. The molecule has 1 aromatic rings. The predicted molar refractivity (Wildman–Crippen MR) is 78.8 cm³/mol. The Balaban J connectivity index is 2.82. The summed E-state index contributed by atoms with van der Waals surface area (Å²) in [6.07, 6.45) is 2.27. The molecule has 0 unspecified atom stereocenters. The number of methoxy groups -OCH3 is 1. The average Bonchev–Trinajstić information content (AvgIpc) is 2.39. The molecule has 0 radical (unpaired) electrons. The van der Waals surface area contributed by atoms with Gasteiger partial charge in [0.25, 0.3) is 0 Å². The zero-order valence-electron chi connectivity index (χ0n) is 11.1. The zero-order chi connectivity index (χ0) is 14.3. The number of hydrogen-bond acceptors (Lipinski definition) is 5. The van der Waals surface area contributed by atoms with Crippen molar-refractivity contribution < 1.29 is 9.94 Å². The van der Waals surface area contributed by atoms with Crippen molar-refractivity contribution >= 4 is 27.6 Å². The van der Waals surface area contributed by atoms with Crippen molar-refractivity contribution in [3.8, 4) is 0 Å². The molecular weight excluding hydrogens is 312 g/mol. The van der Waals surface area contributed by atoms with Gasteiger partial charge in [-0.3, -0.25) is 0 Å². The lowest BCUT2D eigenvalue weighted by Gasteiger charge is -2.24. The number of pyridine rings is 1. The summed E-state index contributed by atoms with van der Waals surface area (Å²) in [6.45, 7) is 3.85. The number of oxime groups is 1. The fraction of sp³-hybridized carbons (Fsp3) is 0.500. The fourth-order valence-corrected chi connectivity index (χ4v) is 2.30. The van der Waals surface area contributed by atoms with Crippen molar-refractivity contribution in [2.45, 2.75) is 13.3 Å². The van der Waals surface area contributed by atoms with Gasteiger partial charge in [-0.25, -0.2) is 4.98 Å². The molecule has 0 aromatic carbocycles. The van der Waals surface area contributed by atoms with Gasteiger partial charge < -0.3 is 20.6 Å². The average molecular weight is 331 g/mol. The van der Waals surface area contributed by atoms with Crippen LogP contribution in [0.2, 0.25) is 0 Å². The number of anilines is 1. The first-order valence-electron chi connectivity index (χ1n) is 5.91. The summed E-state index contributed by atoms with van der Waals surface area (Å²) in [5.41, 5.74) is 6.58. The van der Waals surface area contributed by atoms with Gasteiger partial charge in [0.1, 0.15) is 11.7 Å². The van der Waals surface area contributed by atoms with Crippen molar-refractivity contribution in [1.29, 1.82) is 0 Å². The lowest BCUT2D eigenvalue weighted by molar-refractivity contribution is 0.205. The van der Waals surface area contributed by atoms with E-state index < -0.39 is 0 Å². The molecule has 19 heavy (non-hydrogen) atoms. The molecule has 7 heteroatoms. The monoisotopic (exact) mass is 330 g/mol. The first-order chi connectivity index (χ1) is 9.08. The number of hydrogen-bond donors (Lipinski definition) is 2. The highest BCUT2D eigenvalue weighted by Gasteiger charge is 2.12. The minimum absolute atomic E-state index is 0.200. The standard InChI is InChI=1S/C12H19BrN4O2/c1-9-7-10(13)12(15-8-9)17(5-6-19-2)4-3-11(14)16-18/h7-8,18H,3-6H2,1-2H3,(H2,14,16). The molecule has 3 N–H and O–H groups in total. The van der Waals surface area contributed by atoms with Crippen LogP contribution in [0.25, 0.3) is 0 Å². The maximum atomic E-state index is 8.58. The molecule has 0 saturated carbocycles. The van der Waals surface area contributed by atoms with E-state index in [1.807, 2.05) is 24.1 Å². The van der Waals surface area contributed by atoms with E-state index in [1.165, 1.54) is 0 Å². The number of rotatable bonds is 7. The third-order valence-corrected chi connectivity index (χ3v) is 3.17. The normalized spacial score (nSPS) is 11.6. The van der Waals surface area contributed by atoms with Gasteiger partial charge in [-0.05, 0) is 34.5 Å². The smallest absolute Gasteiger partial charge is 0.142 e. The maximum Gasteiger partial charge on any atom is 0.142 e. The van der Waals surface area contributed by atoms with Crippen LogP contribution in [-0.2, 0) is 4.74 Å². The molecule has 0 atom stereocenters. The summed E-state index contributed by atoms with van der Waals surface area (Å²) in [4.78, 5) is 6.45. The zero-order valence-corrected chi connectivity index (χ0v) is 12.7. The van der Waals surface area contributed by atoms with Gasteiger partial charge in [-0.15, -0.1) is 0 Å². The van der Waals surface area contributed by atoms with E-state index in [9.17, 15) is 0 Å². The molecule has 0 aliphatic rings. The van der Waals surface area contributed by atoms with Crippen LogP contribution in [0, 0.1) is 6.92 Å². The van der Waals surface area contributed by atoms with Crippen molar-refractivity contribution in [1.82, 2.24) is 4.98 Å². The van der Waals surface area contributed by atoms with Gasteiger partial charge in [0.05, 0.1) is 11.1 Å². The van der Waals surface area contributed by atoms with Crippen molar-refractivity contribution in [3.05, 3.63) is 22.3 Å². The third-order valence-electron chi connectivity index (χ3n) is 2.59. The van der Waals surface area contributed by atoms with E-state index >= 15 is 0 Å². The molecule has 0 spiro atoms. The van der Waals surface area contributed by atoms with E-state index in [-0.39, 0.29) is 5.84 Å². The Morgan fingerprint density at radius 1 is 1.58 bits per heavy atom. The van der Waals surface area contributed by atoms with Crippen molar-refractivity contribution in [2.24, 2.45) is 10.9 Å². The minimum Gasteiger partial charge on any atom is -0.409 e. The molecule has 6 nitrogen and oxygen atoms in total. The van der Waals surface area contributed by atoms with Crippen LogP contribution < -0.4 is 10.6 Å². The highest BCUT2D eigenvalue weighted by Crippen LogP contribution is 2.24. The van der Waals surface area contributed by atoms with Crippen LogP contribution in [0.5, 0.6) is 0 Å². The van der Waals surface area contributed by atoms with Crippen molar-refractivity contribution in [3.63, 3.8) is 0 Å². The van der Waals surface area contributed by atoms with E-state index in [0.717, 1.165) is 15.9 Å². The molecule has 0 aliphatic carbocycles. The highest BCUT2D eigenvalue weighted by atomic mass is 79.9. The first kappa shape index (κ1) is 15.7. The molecule has 0 amide bonds. The summed E-state index contributed by atoms with van der Waals surface area (Å²) in [7, 11) is 1.65. The number of nitrogens with two attached hydrogens (primary N) is 1. The number of aromatic nitrogens is 1. The van der Waals surface area contributed by atoms with Crippen LogP contribution in [0.1, 0.15) is 12.0 Å². The molecule has 0 saturated heterocycles. The first-order valence-corrected chi connectivity index (χ1v) is 6.70. The molecule has 1 heterocycles. The van der Waals surface area contributed by atoms with Crippen LogP contribution >= 0.6 is 15.9 Å². The molecular formula is C12H19BrN4O2. The number of amidine groups is 1. The van der Waals surface area contributed by atoms with Gasteiger partial charge in [0, 0.05) is 32.8 Å². The molecule has 1 rings (SSSR count). The summed E-state index contributed by atoms with van der Waals surface area (Å²) in [5.74, 6) is 1.03. The third kappa shape index (κ3) is 5.04. The largest absolute Gasteiger partial charge is 0.409 e. The minimum atomic E-state index is 0.200. The second kappa shape index (κ2) is 7.96. The quantitative estimate of drug-likeness (QED) is 0.344. The Hall–Kier alpha value is -1.34. The van der Waals surface area contributed by atoms with Crippen LogP contribution in [-0.4, -0.2) is 42.8 Å². The van der Waals surface area contributed by atoms with E-state index in [0.29, 0.717) is 26.1 Å². The molecule has 0 fully saturated rings. The summed E-state index contributed by atoms with van der Waals surface area (Å²) >= 11 is 3.51. The molecule has 1 aromatic heterocycles. The van der Waals surface area contributed by atoms with Gasteiger partial charge in [0.2, 0.25) is 0 Å². The molecule has 106 valence electrons. The lowest BCUT2D eigenvalue weighted by Crippen LogP contribution is -2.32. The topological polar surface area (TPSA) is 84.0 Å². The number of aryl methyl sites for hydroxylation is 1. The Morgan fingerprint density at radius 3 is 2.89 bits per heavy atom. The van der Waals surface area contributed by atoms with Gasteiger partial charge in [-0.1, -0.05) is 5.16 Å². The van der Waals surface area contributed by atoms with E-state index in [1.54, 1.807) is 7.11 Å². The fourth-order valence-electron chi connectivity index (χ4n) is 1.58. The van der Waals surface area contributed by atoms with Crippen LogP contribution in [0.4, 0.5) is 5.82 Å². The SMILES string of the molecule is COCCN(CCC(N)=NO)c1ncc(C)cc1Br. The Bertz CT molecular complexity index is 440. The highest BCUT2D eigenvalue weighted by molar-refractivity contribution is 9.10. The second-order valence-electron chi connectivity index (χ2n) is 4.14. The van der Waals surface area contributed by atoms with Gasteiger partial charge >= 0.3 is 0 Å². The van der Waals surface area contributed by atoms with Gasteiger partial charge in [-0.2, -0.15) is 0 Å². The number of nitrogens with zero attached hydrogens (tertiary/aromatic N) is 3. The van der Waals surface area contributed by atoms with Crippen LogP contribution in [0.3, 0.4) is 0 Å².